The number of halogens is 1. The Labute approximate surface area is 184 Å². The van der Waals surface area contributed by atoms with Crippen LogP contribution in [0.5, 0.6) is 11.5 Å². The van der Waals surface area contributed by atoms with Crippen LogP contribution in [0.25, 0.3) is 0 Å². The zero-order valence-corrected chi connectivity index (χ0v) is 18.1. The molecule has 30 heavy (non-hydrogen) atoms. The van der Waals surface area contributed by atoms with E-state index in [1.807, 2.05) is 67.6 Å². The first-order chi connectivity index (χ1) is 14.7. The predicted octanol–water partition coefficient (Wildman–Crippen LogP) is 5.85. The Hall–Kier alpha value is -3.30. The van der Waals surface area contributed by atoms with E-state index in [1.165, 1.54) is 0 Å². The molecule has 6 heteroatoms. The van der Waals surface area contributed by atoms with Crippen molar-refractivity contribution < 1.29 is 14.3 Å². The van der Waals surface area contributed by atoms with E-state index in [4.69, 9.17) is 19.6 Å². The summed E-state index contributed by atoms with van der Waals surface area (Å²) < 4.78 is 12.5. The zero-order valence-electron chi connectivity index (χ0n) is 16.5. The summed E-state index contributed by atoms with van der Waals surface area (Å²) in [4.78, 5) is 5.38. The molecule has 0 aliphatic rings. The maximum Gasteiger partial charge on any atom is 0.162 e. The van der Waals surface area contributed by atoms with Gasteiger partial charge in [-0.3, -0.25) is 0 Å². The third kappa shape index (κ3) is 5.85. The lowest BCUT2D eigenvalue weighted by atomic mass is 10.1. The molecule has 0 aliphatic carbocycles. The maximum atomic E-state index is 9.14. The molecule has 0 saturated carbocycles. The zero-order chi connectivity index (χ0) is 21.2. The number of nitrogens with zero attached hydrogens (tertiary/aromatic N) is 2. The minimum absolute atomic E-state index is 0.217. The quantitative estimate of drug-likeness (QED) is 0.294. The number of rotatable bonds is 9. The minimum atomic E-state index is 0.217. The monoisotopic (exact) mass is 464 g/mol. The van der Waals surface area contributed by atoms with Crippen molar-refractivity contribution in [2.75, 3.05) is 6.61 Å². The summed E-state index contributed by atoms with van der Waals surface area (Å²) in [5, 5.41) is 13.2. The van der Waals surface area contributed by atoms with Crippen molar-refractivity contribution in [2.24, 2.45) is 5.16 Å². The van der Waals surface area contributed by atoms with Gasteiger partial charge in [0.05, 0.1) is 24.5 Å². The summed E-state index contributed by atoms with van der Waals surface area (Å²) in [6.07, 6.45) is 1.60. The van der Waals surface area contributed by atoms with Crippen LogP contribution in [0.4, 0.5) is 0 Å². The number of hydrogen-bond donors (Lipinski definition) is 0. The number of hydrogen-bond acceptors (Lipinski definition) is 5. The summed E-state index contributed by atoms with van der Waals surface area (Å²) in [7, 11) is 0. The van der Waals surface area contributed by atoms with Crippen LogP contribution in [0.1, 0.15) is 29.2 Å². The van der Waals surface area contributed by atoms with Crippen molar-refractivity contribution in [3.63, 3.8) is 0 Å². The van der Waals surface area contributed by atoms with Crippen molar-refractivity contribution in [1.82, 2.24) is 0 Å². The van der Waals surface area contributed by atoms with E-state index in [2.05, 4.69) is 27.2 Å². The average molecular weight is 465 g/mol. The number of benzene rings is 3. The lowest BCUT2D eigenvalue weighted by molar-refractivity contribution is 0.132. The van der Waals surface area contributed by atoms with E-state index in [1.54, 1.807) is 12.3 Å². The van der Waals surface area contributed by atoms with E-state index in [-0.39, 0.29) is 6.61 Å². The van der Waals surface area contributed by atoms with Gasteiger partial charge in [-0.15, -0.1) is 0 Å². The third-order valence-electron chi connectivity index (χ3n) is 4.22. The smallest absolute Gasteiger partial charge is 0.162 e. The molecule has 3 rings (SSSR count). The van der Waals surface area contributed by atoms with E-state index < -0.39 is 0 Å². The molecule has 0 aliphatic heterocycles. The van der Waals surface area contributed by atoms with Gasteiger partial charge in [-0.2, -0.15) is 5.26 Å². The molecule has 0 bridgehead atoms. The fourth-order valence-electron chi connectivity index (χ4n) is 2.72. The summed E-state index contributed by atoms with van der Waals surface area (Å²) >= 11 is 3.55. The normalized spacial score (nSPS) is 10.6. The molecule has 3 aromatic rings. The van der Waals surface area contributed by atoms with E-state index in [9.17, 15) is 0 Å². The molecule has 0 aromatic heterocycles. The van der Waals surface area contributed by atoms with Gasteiger partial charge in [-0.05, 0) is 46.6 Å². The van der Waals surface area contributed by atoms with Crippen LogP contribution in [0.3, 0.4) is 0 Å². The van der Waals surface area contributed by atoms with Crippen LogP contribution in [0, 0.1) is 11.3 Å². The molecule has 0 N–H and O–H groups in total. The summed E-state index contributed by atoms with van der Waals surface area (Å²) in [6, 6.07) is 23.1. The van der Waals surface area contributed by atoms with Gasteiger partial charge in [-0.1, -0.05) is 53.7 Å². The van der Waals surface area contributed by atoms with Crippen LogP contribution >= 0.6 is 15.9 Å². The van der Waals surface area contributed by atoms with Crippen molar-refractivity contribution in [2.45, 2.75) is 20.1 Å². The number of oxime groups is 1. The van der Waals surface area contributed by atoms with Crippen LogP contribution in [0.15, 0.2) is 76.4 Å². The highest BCUT2D eigenvalue weighted by Gasteiger charge is 2.11. The Kier molecular flexibility index (Phi) is 7.87. The Morgan fingerprint density at radius 1 is 0.967 bits per heavy atom. The van der Waals surface area contributed by atoms with Gasteiger partial charge in [0.25, 0.3) is 0 Å². The van der Waals surface area contributed by atoms with Gasteiger partial charge < -0.3 is 14.3 Å². The second kappa shape index (κ2) is 11.0. The van der Waals surface area contributed by atoms with Gasteiger partial charge in [0.1, 0.15) is 13.2 Å². The highest BCUT2D eigenvalue weighted by Crippen LogP contribution is 2.34. The van der Waals surface area contributed by atoms with Crippen LogP contribution in [0.2, 0.25) is 0 Å². The molecule has 0 unspecified atom stereocenters. The van der Waals surface area contributed by atoms with Crippen molar-refractivity contribution in [3.05, 3.63) is 93.5 Å². The van der Waals surface area contributed by atoms with Crippen molar-refractivity contribution in [1.29, 1.82) is 5.26 Å². The van der Waals surface area contributed by atoms with Gasteiger partial charge in [0.15, 0.2) is 11.5 Å². The fourth-order valence-corrected chi connectivity index (χ4v) is 3.15. The maximum absolute atomic E-state index is 9.14. The standard InChI is InChI=1S/C24H21BrN2O3/c1-2-28-23-12-21(15-27-30-17-20-11-7-6-10-19(20)14-26)22(25)13-24(23)29-16-18-8-4-3-5-9-18/h3-13,15H,2,16-17H2,1H3/b27-15-. The molecule has 0 atom stereocenters. The largest absolute Gasteiger partial charge is 0.490 e. The lowest BCUT2D eigenvalue weighted by Crippen LogP contribution is -2.01. The van der Waals surface area contributed by atoms with Crippen molar-refractivity contribution in [3.8, 4) is 17.6 Å². The molecule has 3 aromatic carbocycles. The van der Waals surface area contributed by atoms with E-state index in [0.29, 0.717) is 30.3 Å². The molecule has 0 spiro atoms. The first kappa shape index (κ1) is 21.4. The van der Waals surface area contributed by atoms with E-state index >= 15 is 0 Å². The number of nitriles is 1. The molecule has 0 radical (unpaired) electrons. The predicted molar refractivity (Wildman–Crippen MR) is 120 cm³/mol. The van der Waals surface area contributed by atoms with Crippen LogP contribution in [-0.2, 0) is 18.1 Å². The first-order valence-electron chi connectivity index (χ1n) is 9.47. The Bertz CT molecular complexity index is 1050. The number of ether oxygens (including phenoxy) is 2. The molecule has 5 nitrogen and oxygen atoms in total. The Morgan fingerprint density at radius 3 is 2.47 bits per heavy atom. The van der Waals surface area contributed by atoms with E-state index in [0.717, 1.165) is 21.2 Å². The highest BCUT2D eigenvalue weighted by atomic mass is 79.9. The van der Waals surface area contributed by atoms with Crippen molar-refractivity contribution >= 4 is 22.1 Å². The summed E-state index contributed by atoms with van der Waals surface area (Å²) in [5.74, 6) is 1.28. The average Bonchev–Trinajstić information content (AvgIpc) is 2.78. The minimum Gasteiger partial charge on any atom is -0.490 e. The molecular formula is C24H21BrN2O3. The van der Waals surface area contributed by atoms with Gasteiger partial charge >= 0.3 is 0 Å². The van der Waals surface area contributed by atoms with Crippen LogP contribution in [-0.4, -0.2) is 12.8 Å². The highest BCUT2D eigenvalue weighted by molar-refractivity contribution is 9.10. The lowest BCUT2D eigenvalue weighted by Gasteiger charge is -2.14. The Morgan fingerprint density at radius 2 is 1.70 bits per heavy atom. The molecule has 152 valence electrons. The fraction of sp³-hybridized carbons (Fsp3) is 0.167. The van der Waals surface area contributed by atoms with Gasteiger partial charge in [-0.25, -0.2) is 0 Å². The topological polar surface area (TPSA) is 63.8 Å². The third-order valence-corrected chi connectivity index (χ3v) is 4.91. The molecular weight excluding hydrogens is 444 g/mol. The van der Waals surface area contributed by atoms with Gasteiger partial charge in [0.2, 0.25) is 0 Å². The Balaban J connectivity index is 1.69. The molecule has 0 fully saturated rings. The first-order valence-corrected chi connectivity index (χ1v) is 10.3. The summed E-state index contributed by atoms with van der Waals surface area (Å²) in [6.45, 7) is 3.10. The SMILES string of the molecule is CCOc1cc(/C=N\OCc2ccccc2C#N)c(Br)cc1OCc1ccccc1. The summed E-state index contributed by atoms with van der Waals surface area (Å²) in [5.41, 5.74) is 3.23. The van der Waals surface area contributed by atoms with Gasteiger partial charge in [0, 0.05) is 15.6 Å². The molecule has 0 heterocycles. The molecule has 0 amide bonds. The van der Waals surface area contributed by atoms with Crippen LogP contribution < -0.4 is 9.47 Å². The second-order valence-electron chi connectivity index (χ2n) is 6.30. The second-order valence-corrected chi connectivity index (χ2v) is 7.16. The molecule has 0 saturated heterocycles.